The Bertz CT molecular complexity index is 278. The van der Waals surface area contributed by atoms with Crippen LogP contribution in [0.4, 0.5) is 4.79 Å². The molecule has 0 aromatic heterocycles. The molecule has 0 bridgehead atoms. The van der Waals surface area contributed by atoms with Crippen molar-refractivity contribution < 1.29 is 9.53 Å². The minimum absolute atomic E-state index is 0.122. The van der Waals surface area contributed by atoms with Gasteiger partial charge in [-0.05, 0) is 12.8 Å². The molecule has 90 valence electrons. The van der Waals surface area contributed by atoms with Gasteiger partial charge in [-0.2, -0.15) is 0 Å². The molecule has 1 unspecified atom stereocenters. The van der Waals surface area contributed by atoms with Gasteiger partial charge in [0.25, 0.3) is 0 Å². The van der Waals surface area contributed by atoms with Crippen molar-refractivity contribution in [2.45, 2.75) is 24.9 Å². The van der Waals surface area contributed by atoms with Gasteiger partial charge in [-0.25, -0.2) is 4.79 Å². The second-order valence-electron chi connectivity index (χ2n) is 4.87. The molecule has 0 saturated carbocycles. The molecule has 0 aliphatic carbocycles. The fourth-order valence-corrected chi connectivity index (χ4v) is 3.01. The number of fused-ring (bicyclic) bond motifs is 1. The molecule has 0 spiro atoms. The first kappa shape index (κ1) is 10.4. The smallest absolute Gasteiger partial charge is 0.317 e. The predicted molar refractivity (Wildman–Crippen MR) is 59.3 cm³/mol. The molecule has 3 saturated heterocycles. The Morgan fingerprint density at radius 3 is 2.81 bits per heavy atom. The van der Waals surface area contributed by atoms with Crippen LogP contribution in [0.3, 0.4) is 0 Å². The van der Waals surface area contributed by atoms with E-state index in [1.807, 2.05) is 4.90 Å². The summed E-state index contributed by atoms with van der Waals surface area (Å²) in [5, 5.41) is 2.92. The number of urea groups is 1. The molecule has 3 aliphatic heterocycles. The lowest BCUT2D eigenvalue weighted by Gasteiger charge is -2.42. The average Bonchev–Trinajstić information content (AvgIpc) is 2.72. The number of nitrogens with one attached hydrogen (secondary N) is 1. The second-order valence-corrected chi connectivity index (χ2v) is 4.87. The van der Waals surface area contributed by atoms with Crippen molar-refractivity contribution in [3.8, 4) is 0 Å². The van der Waals surface area contributed by atoms with Gasteiger partial charge in [0.15, 0.2) is 0 Å². The summed E-state index contributed by atoms with van der Waals surface area (Å²) in [6.45, 7) is 5.55. The summed E-state index contributed by atoms with van der Waals surface area (Å²) in [4.78, 5) is 16.0. The zero-order valence-corrected chi connectivity index (χ0v) is 9.52. The molecule has 16 heavy (non-hydrogen) atoms. The van der Waals surface area contributed by atoms with Crippen LogP contribution in [0.25, 0.3) is 0 Å². The third-order valence-electron chi connectivity index (χ3n) is 3.97. The molecule has 0 aromatic carbocycles. The number of rotatable bonds is 1. The van der Waals surface area contributed by atoms with Crippen molar-refractivity contribution in [1.82, 2.24) is 15.1 Å². The van der Waals surface area contributed by atoms with Crippen molar-refractivity contribution in [3.63, 3.8) is 0 Å². The lowest BCUT2D eigenvalue weighted by atomic mass is 10.0. The molecule has 1 N–H and O–H groups in total. The van der Waals surface area contributed by atoms with E-state index in [0.717, 1.165) is 52.2 Å². The maximum atomic E-state index is 11.5. The van der Waals surface area contributed by atoms with Crippen LogP contribution in [-0.2, 0) is 4.74 Å². The summed E-state index contributed by atoms with van der Waals surface area (Å²) < 4.78 is 5.39. The first-order valence-electron chi connectivity index (χ1n) is 6.21. The molecular formula is C11H19N3O2. The topological polar surface area (TPSA) is 44.8 Å². The number of hydrogen-bond donors (Lipinski definition) is 1. The van der Waals surface area contributed by atoms with E-state index in [9.17, 15) is 4.79 Å². The van der Waals surface area contributed by atoms with Crippen LogP contribution in [-0.4, -0.2) is 67.3 Å². The van der Waals surface area contributed by atoms with Crippen LogP contribution in [0.15, 0.2) is 0 Å². The highest BCUT2D eigenvalue weighted by Crippen LogP contribution is 2.20. The first-order valence-corrected chi connectivity index (χ1v) is 6.21. The molecule has 3 rings (SSSR count). The second kappa shape index (κ2) is 4.22. The molecule has 2 amide bonds. The van der Waals surface area contributed by atoms with Crippen molar-refractivity contribution in [1.29, 1.82) is 0 Å². The summed E-state index contributed by atoms with van der Waals surface area (Å²) in [5.74, 6) is 0. The third kappa shape index (κ3) is 1.78. The van der Waals surface area contributed by atoms with E-state index in [4.69, 9.17) is 4.74 Å². The minimum atomic E-state index is 0.122. The van der Waals surface area contributed by atoms with Crippen molar-refractivity contribution in [2.75, 3.05) is 39.4 Å². The molecule has 1 atom stereocenters. The van der Waals surface area contributed by atoms with Gasteiger partial charge in [0.1, 0.15) is 0 Å². The maximum absolute atomic E-state index is 11.5. The summed E-state index contributed by atoms with van der Waals surface area (Å²) in [7, 11) is 0. The molecule has 3 fully saturated rings. The van der Waals surface area contributed by atoms with Gasteiger partial charge in [0, 0.05) is 45.4 Å². The van der Waals surface area contributed by atoms with E-state index >= 15 is 0 Å². The molecule has 3 aliphatic rings. The molecular weight excluding hydrogens is 206 g/mol. The SMILES string of the molecule is O=C1NCC2CN(C3CCOCC3)CCN12. The minimum Gasteiger partial charge on any atom is -0.381 e. The van der Waals surface area contributed by atoms with E-state index in [1.165, 1.54) is 0 Å². The van der Waals surface area contributed by atoms with Gasteiger partial charge in [-0.1, -0.05) is 0 Å². The number of hydrogen-bond acceptors (Lipinski definition) is 3. The van der Waals surface area contributed by atoms with E-state index in [1.54, 1.807) is 0 Å². The molecule has 3 heterocycles. The predicted octanol–water partition coefficient (Wildman–Crippen LogP) is -0.125. The Kier molecular flexibility index (Phi) is 2.73. The molecule has 5 nitrogen and oxygen atoms in total. The summed E-state index contributed by atoms with van der Waals surface area (Å²) in [6.07, 6.45) is 2.29. The standard InChI is InChI=1S/C11H19N3O2/c15-11-12-7-10-8-13(3-4-14(10)11)9-1-5-16-6-2-9/h9-10H,1-8H2,(H,12,15). The van der Waals surface area contributed by atoms with Crippen LogP contribution in [0.1, 0.15) is 12.8 Å². The zero-order valence-electron chi connectivity index (χ0n) is 9.52. The molecule has 0 aromatic rings. The summed E-state index contributed by atoms with van der Waals surface area (Å²) >= 11 is 0. The fraction of sp³-hybridized carbons (Fsp3) is 0.909. The normalized spacial score (nSPS) is 32.6. The Morgan fingerprint density at radius 1 is 1.19 bits per heavy atom. The van der Waals surface area contributed by atoms with Crippen LogP contribution in [0.5, 0.6) is 0 Å². The number of piperazine rings is 1. The van der Waals surface area contributed by atoms with Gasteiger partial charge in [0.05, 0.1) is 6.04 Å². The highest BCUT2D eigenvalue weighted by molar-refractivity contribution is 5.77. The number of ether oxygens (including phenoxy) is 1. The quantitative estimate of drug-likeness (QED) is 0.676. The van der Waals surface area contributed by atoms with E-state index in [2.05, 4.69) is 10.2 Å². The average molecular weight is 225 g/mol. The highest BCUT2D eigenvalue weighted by atomic mass is 16.5. The summed E-state index contributed by atoms with van der Waals surface area (Å²) in [5.41, 5.74) is 0. The van der Waals surface area contributed by atoms with E-state index in [0.29, 0.717) is 12.1 Å². The third-order valence-corrected chi connectivity index (χ3v) is 3.97. The van der Waals surface area contributed by atoms with Gasteiger partial charge >= 0.3 is 6.03 Å². The maximum Gasteiger partial charge on any atom is 0.317 e. The molecule has 0 radical (unpaired) electrons. The lowest BCUT2D eigenvalue weighted by molar-refractivity contribution is 0.0109. The van der Waals surface area contributed by atoms with Crippen molar-refractivity contribution in [2.24, 2.45) is 0 Å². The van der Waals surface area contributed by atoms with Crippen molar-refractivity contribution in [3.05, 3.63) is 0 Å². The highest BCUT2D eigenvalue weighted by Gasteiger charge is 2.37. The van der Waals surface area contributed by atoms with E-state index in [-0.39, 0.29) is 6.03 Å². The van der Waals surface area contributed by atoms with E-state index < -0.39 is 0 Å². The Morgan fingerprint density at radius 2 is 2.00 bits per heavy atom. The van der Waals surface area contributed by atoms with Gasteiger partial charge in [-0.3, -0.25) is 4.90 Å². The Balaban J connectivity index is 1.61. The fourth-order valence-electron chi connectivity index (χ4n) is 3.01. The largest absolute Gasteiger partial charge is 0.381 e. The Hall–Kier alpha value is -0.810. The van der Waals surface area contributed by atoms with Gasteiger partial charge in [0.2, 0.25) is 0 Å². The monoisotopic (exact) mass is 225 g/mol. The van der Waals surface area contributed by atoms with Crippen molar-refractivity contribution >= 4 is 6.03 Å². The van der Waals surface area contributed by atoms with Gasteiger partial charge < -0.3 is 15.0 Å². The number of carbonyl (C=O) groups is 1. The van der Waals surface area contributed by atoms with Crippen LogP contribution >= 0.6 is 0 Å². The van der Waals surface area contributed by atoms with Gasteiger partial charge in [-0.15, -0.1) is 0 Å². The molecule has 5 heteroatoms. The number of amides is 2. The first-order chi connectivity index (χ1) is 7.84. The van der Waals surface area contributed by atoms with Crippen LogP contribution in [0, 0.1) is 0 Å². The van der Waals surface area contributed by atoms with Crippen LogP contribution in [0.2, 0.25) is 0 Å². The lowest BCUT2D eigenvalue weighted by Crippen LogP contribution is -2.55. The zero-order chi connectivity index (χ0) is 11.0. The van der Waals surface area contributed by atoms with Crippen LogP contribution < -0.4 is 5.32 Å². The Labute approximate surface area is 95.7 Å². The number of nitrogens with zero attached hydrogens (tertiary/aromatic N) is 2. The summed E-state index contributed by atoms with van der Waals surface area (Å²) in [6, 6.07) is 1.19. The number of carbonyl (C=O) groups excluding carboxylic acids is 1.